The standard InChI is InChI=1S/C21H22ClN3O4/c1-14(20(26)23-15-6-7-18-19(12-15)29-13-28-18)24-8-10-25(11-9-24)21(27)16-4-2-3-5-17(16)22/h2-7,12,14H,8-11,13H2,1H3,(H,23,26)/t14-/m0/s1. The molecule has 2 aromatic carbocycles. The molecule has 2 heterocycles. The summed E-state index contributed by atoms with van der Waals surface area (Å²) >= 11 is 6.14. The molecule has 1 N–H and O–H groups in total. The van der Waals surface area contributed by atoms with Gasteiger partial charge in [-0.3, -0.25) is 14.5 Å². The predicted molar refractivity (Wildman–Crippen MR) is 110 cm³/mol. The normalized spacial score (nSPS) is 17.1. The molecule has 0 bridgehead atoms. The van der Waals surface area contributed by atoms with E-state index in [4.69, 9.17) is 21.1 Å². The number of halogens is 1. The minimum Gasteiger partial charge on any atom is -0.454 e. The molecule has 29 heavy (non-hydrogen) atoms. The van der Waals surface area contributed by atoms with E-state index in [1.54, 1.807) is 47.4 Å². The predicted octanol–water partition coefficient (Wildman–Crippen LogP) is 2.85. The van der Waals surface area contributed by atoms with Gasteiger partial charge in [0.05, 0.1) is 16.6 Å². The van der Waals surface area contributed by atoms with E-state index in [1.165, 1.54) is 0 Å². The van der Waals surface area contributed by atoms with Gasteiger partial charge in [0.1, 0.15) is 0 Å². The van der Waals surface area contributed by atoms with Crippen LogP contribution in [-0.2, 0) is 4.79 Å². The highest BCUT2D eigenvalue weighted by atomic mass is 35.5. The minimum absolute atomic E-state index is 0.0762. The Morgan fingerprint density at radius 3 is 2.52 bits per heavy atom. The smallest absolute Gasteiger partial charge is 0.255 e. The van der Waals surface area contributed by atoms with Gasteiger partial charge in [0.2, 0.25) is 12.7 Å². The summed E-state index contributed by atoms with van der Waals surface area (Å²) in [4.78, 5) is 29.2. The Kier molecular flexibility index (Phi) is 5.60. The van der Waals surface area contributed by atoms with Gasteiger partial charge in [-0.15, -0.1) is 0 Å². The number of nitrogens with one attached hydrogen (secondary N) is 1. The summed E-state index contributed by atoms with van der Waals surface area (Å²) in [6, 6.07) is 12.1. The maximum Gasteiger partial charge on any atom is 0.255 e. The molecule has 1 fully saturated rings. The second-order valence-electron chi connectivity index (χ2n) is 7.04. The SMILES string of the molecule is C[C@@H](C(=O)Nc1ccc2c(c1)OCO2)N1CCN(C(=O)c2ccccc2Cl)CC1. The monoisotopic (exact) mass is 415 g/mol. The number of piperazine rings is 1. The van der Waals surface area contributed by atoms with Crippen LogP contribution >= 0.6 is 11.6 Å². The van der Waals surface area contributed by atoms with E-state index in [9.17, 15) is 9.59 Å². The molecule has 0 unspecified atom stereocenters. The number of benzene rings is 2. The number of hydrogen-bond acceptors (Lipinski definition) is 5. The van der Waals surface area contributed by atoms with E-state index >= 15 is 0 Å². The lowest BCUT2D eigenvalue weighted by Crippen LogP contribution is -2.54. The number of carbonyl (C=O) groups is 2. The van der Waals surface area contributed by atoms with Crippen LogP contribution in [0.25, 0.3) is 0 Å². The molecule has 152 valence electrons. The number of anilines is 1. The Bertz CT molecular complexity index is 928. The Balaban J connectivity index is 1.32. The lowest BCUT2D eigenvalue weighted by atomic mass is 10.1. The molecule has 0 radical (unpaired) electrons. The fourth-order valence-corrected chi connectivity index (χ4v) is 3.72. The maximum atomic E-state index is 12.7. The van der Waals surface area contributed by atoms with Gasteiger partial charge in [0, 0.05) is 37.9 Å². The highest BCUT2D eigenvalue weighted by molar-refractivity contribution is 6.33. The molecule has 1 saturated heterocycles. The molecule has 0 saturated carbocycles. The largest absolute Gasteiger partial charge is 0.454 e. The van der Waals surface area contributed by atoms with E-state index in [1.807, 2.05) is 6.92 Å². The molecule has 2 amide bonds. The first-order valence-corrected chi connectivity index (χ1v) is 9.89. The third-order valence-electron chi connectivity index (χ3n) is 5.27. The molecule has 2 aromatic rings. The van der Waals surface area contributed by atoms with Crippen molar-refractivity contribution in [3.63, 3.8) is 0 Å². The van der Waals surface area contributed by atoms with Crippen molar-refractivity contribution in [3.05, 3.63) is 53.1 Å². The molecule has 0 aliphatic carbocycles. The van der Waals surface area contributed by atoms with Crippen molar-refractivity contribution < 1.29 is 19.1 Å². The average molecular weight is 416 g/mol. The van der Waals surface area contributed by atoms with Crippen LogP contribution in [0, 0.1) is 0 Å². The number of hydrogen-bond donors (Lipinski definition) is 1. The van der Waals surface area contributed by atoms with Gasteiger partial charge in [0.25, 0.3) is 5.91 Å². The Hall–Kier alpha value is -2.77. The van der Waals surface area contributed by atoms with Crippen molar-refractivity contribution in [2.45, 2.75) is 13.0 Å². The highest BCUT2D eigenvalue weighted by Crippen LogP contribution is 2.34. The first-order chi connectivity index (χ1) is 14.0. The summed E-state index contributed by atoms with van der Waals surface area (Å²) in [6.07, 6.45) is 0. The zero-order valence-corrected chi connectivity index (χ0v) is 16.8. The number of rotatable bonds is 4. The van der Waals surface area contributed by atoms with Gasteiger partial charge in [-0.05, 0) is 31.2 Å². The summed E-state index contributed by atoms with van der Waals surface area (Å²) < 4.78 is 10.6. The lowest BCUT2D eigenvalue weighted by Gasteiger charge is -2.37. The summed E-state index contributed by atoms with van der Waals surface area (Å²) in [5.74, 6) is 1.12. The first-order valence-electron chi connectivity index (χ1n) is 9.51. The van der Waals surface area contributed by atoms with Crippen LogP contribution in [0.1, 0.15) is 17.3 Å². The molecular weight excluding hydrogens is 394 g/mol. The average Bonchev–Trinajstić information content (AvgIpc) is 3.21. The summed E-state index contributed by atoms with van der Waals surface area (Å²) in [6.45, 7) is 4.39. The number of carbonyl (C=O) groups excluding carboxylic acids is 2. The van der Waals surface area contributed by atoms with E-state index in [0.29, 0.717) is 54.0 Å². The number of fused-ring (bicyclic) bond motifs is 1. The van der Waals surface area contributed by atoms with Crippen LogP contribution in [0.15, 0.2) is 42.5 Å². The molecule has 2 aliphatic heterocycles. The van der Waals surface area contributed by atoms with Crippen molar-refractivity contribution >= 4 is 29.1 Å². The van der Waals surface area contributed by atoms with E-state index in [2.05, 4.69) is 10.2 Å². The Morgan fingerprint density at radius 2 is 1.76 bits per heavy atom. The van der Waals surface area contributed by atoms with Gasteiger partial charge in [0.15, 0.2) is 11.5 Å². The molecule has 8 heteroatoms. The van der Waals surface area contributed by atoms with Crippen molar-refractivity contribution in [3.8, 4) is 11.5 Å². The molecule has 7 nitrogen and oxygen atoms in total. The van der Waals surface area contributed by atoms with Gasteiger partial charge < -0.3 is 19.7 Å². The number of nitrogens with zero attached hydrogens (tertiary/aromatic N) is 2. The number of amides is 2. The van der Waals surface area contributed by atoms with E-state index in [0.717, 1.165) is 0 Å². The summed E-state index contributed by atoms with van der Waals surface area (Å²) in [5.41, 5.74) is 1.18. The second kappa shape index (κ2) is 8.31. The zero-order valence-electron chi connectivity index (χ0n) is 16.1. The van der Waals surface area contributed by atoms with Crippen LogP contribution in [0.2, 0.25) is 5.02 Å². The fourth-order valence-electron chi connectivity index (χ4n) is 3.50. The Labute approximate surface area is 174 Å². The highest BCUT2D eigenvalue weighted by Gasteiger charge is 2.28. The van der Waals surface area contributed by atoms with Crippen molar-refractivity contribution in [1.82, 2.24) is 9.80 Å². The zero-order chi connectivity index (χ0) is 20.4. The molecule has 0 aromatic heterocycles. The third-order valence-corrected chi connectivity index (χ3v) is 5.60. The van der Waals surface area contributed by atoms with Gasteiger partial charge in [-0.25, -0.2) is 0 Å². The van der Waals surface area contributed by atoms with Crippen LogP contribution < -0.4 is 14.8 Å². The molecule has 2 aliphatic rings. The van der Waals surface area contributed by atoms with Crippen LogP contribution in [0.4, 0.5) is 5.69 Å². The second-order valence-corrected chi connectivity index (χ2v) is 7.45. The van der Waals surface area contributed by atoms with Crippen molar-refractivity contribution in [2.75, 3.05) is 38.3 Å². The third kappa shape index (κ3) is 4.16. The summed E-state index contributed by atoms with van der Waals surface area (Å²) in [7, 11) is 0. The number of ether oxygens (including phenoxy) is 2. The van der Waals surface area contributed by atoms with Gasteiger partial charge >= 0.3 is 0 Å². The van der Waals surface area contributed by atoms with Gasteiger partial charge in [-0.2, -0.15) is 0 Å². The first kappa shape index (κ1) is 19.5. The maximum absolute atomic E-state index is 12.7. The molecule has 4 rings (SSSR count). The quantitative estimate of drug-likeness (QED) is 0.831. The van der Waals surface area contributed by atoms with Gasteiger partial charge in [-0.1, -0.05) is 23.7 Å². The lowest BCUT2D eigenvalue weighted by molar-refractivity contribution is -0.121. The Morgan fingerprint density at radius 1 is 1.03 bits per heavy atom. The minimum atomic E-state index is -0.321. The molecule has 0 spiro atoms. The van der Waals surface area contributed by atoms with E-state index in [-0.39, 0.29) is 24.6 Å². The van der Waals surface area contributed by atoms with Crippen molar-refractivity contribution in [2.24, 2.45) is 0 Å². The van der Waals surface area contributed by atoms with Crippen LogP contribution in [-0.4, -0.2) is 60.6 Å². The van der Waals surface area contributed by atoms with Crippen LogP contribution in [0.5, 0.6) is 11.5 Å². The summed E-state index contributed by atoms with van der Waals surface area (Å²) in [5, 5.41) is 3.38. The topological polar surface area (TPSA) is 71.1 Å². The van der Waals surface area contributed by atoms with Crippen molar-refractivity contribution in [1.29, 1.82) is 0 Å². The molecular formula is C21H22ClN3O4. The fraction of sp³-hybridized carbons (Fsp3) is 0.333. The van der Waals surface area contributed by atoms with Crippen LogP contribution in [0.3, 0.4) is 0 Å². The van der Waals surface area contributed by atoms with E-state index < -0.39 is 0 Å². The molecule has 1 atom stereocenters.